The normalized spacial score (nSPS) is 23.0. The molecular formula is C5H5NO3S2. The van der Waals surface area contributed by atoms with E-state index in [1.807, 2.05) is 0 Å². The molecule has 1 rings (SSSR count). The largest absolute Gasteiger partial charge is 0.244 e. The lowest BCUT2D eigenvalue weighted by Gasteiger charge is -1.96. The maximum atomic E-state index is 10.7. The Balaban J connectivity index is 3.25. The van der Waals surface area contributed by atoms with Gasteiger partial charge in [0.25, 0.3) is 0 Å². The van der Waals surface area contributed by atoms with Crippen LogP contribution in [0.2, 0.25) is 0 Å². The van der Waals surface area contributed by atoms with Gasteiger partial charge in [-0.1, -0.05) is 6.08 Å². The molecule has 1 aliphatic rings. The maximum Gasteiger partial charge on any atom is 0.244 e. The summed E-state index contributed by atoms with van der Waals surface area (Å²) < 4.78 is 21.3. The Morgan fingerprint density at radius 1 is 1.55 bits per heavy atom. The Labute approximate surface area is 66.4 Å². The van der Waals surface area contributed by atoms with Crippen LogP contribution in [0, 0.1) is 0 Å². The van der Waals surface area contributed by atoms with Gasteiger partial charge in [0.15, 0.2) is 5.23 Å². The summed E-state index contributed by atoms with van der Waals surface area (Å²) in [7, 11) is -4.79. The molecule has 1 atom stereocenters. The molecule has 0 aromatic carbocycles. The van der Waals surface area contributed by atoms with Crippen LogP contribution in [-0.4, -0.2) is 13.7 Å². The zero-order valence-electron chi connectivity index (χ0n) is 5.35. The number of carbonyl (C=O) groups excluding carboxylic acids is 1. The lowest BCUT2D eigenvalue weighted by Crippen LogP contribution is -2.12. The number of sulfonamides is 1. The van der Waals surface area contributed by atoms with Gasteiger partial charge >= 0.3 is 0 Å². The zero-order chi connectivity index (χ0) is 8.48. The number of allylic oxidation sites excluding steroid dienone is 2. The van der Waals surface area contributed by atoms with E-state index in [1.165, 1.54) is 17.6 Å². The number of nitrogens with two attached hydrogens (primary N) is 1. The van der Waals surface area contributed by atoms with Gasteiger partial charge in [-0.25, -0.2) is 18.4 Å². The van der Waals surface area contributed by atoms with Gasteiger partial charge in [0.05, 0.1) is 0 Å². The summed E-state index contributed by atoms with van der Waals surface area (Å²) in [4.78, 5) is 10.1. The third-order valence-corrected chi connectivity index (χ3v) is 4.14. The van der Waals surface area contributed by atoms with Crippen LogP contribution < -0.4 is 5.14 Å². The van der Waals surface area contributed by atoms with Gasteiger partial charge in [-0.3, -0.25) is 0 Å². The minimum atomic E-state index is -3.72. The summed E-state index contributed by atoms with van der Waals surface area (Å²) in [6, 6.07) is 0. The Bertz CT molecular complexity index is 384. The fraction of sp³-hybridized carbons (Fsp3) is 0. The molecule has 0 bridgehead atoms. The van der Waals surface area contributed by atoms with E-state index in [2.05, 4.69) is 0 Å². The first kappa shape index (κ1) is 8.42. The van der Waals surface area contributed by atoms with Crippen LogP contribution in [0.5, 0.6) is 0 Å². The summed E-state index contributed by atoms with van der Waals surface area (Å²) >= 11 is 0. The highest BCUT2D eigenvalue weighted by atomic mass is 32.3. The van der Waals surface area contributed by atoms with Crippen molar-refractivity contribution >= 4 is 25.7 Å². The molecule has 0 spiro atoms. The molecule has 60 valence electrons. The van der Waals surface area contributed by atoms with Crippen LogP contribution >= 0.6 is 10.5 Å². The van der Waals surface area contributed by atoms with Gasteiger partial charge < -0.3 is 0 Å². The average Bonchev–Trinajstić information content (AvgIpc) is 2.31. The number of hydrogen-bond donors (Lipinski definition) is 1. The summed E-state index contributed by atoms with van der Waals surface area (Å²) in [5.41, 5.74) is 0. The van der Waals surface area contributed by atoms with Crippen molar-refractivity contribution in [3.63, 3.8) is 0 Å². The molecule has 2 N–H and O–H groups in total. The first-order valence-corrected chi connectivity index (χ1v) is 5.41. The number of rotatable bonds is 1. The predicted molar refractivity (Wildman–Crippen MR) is 43.6 cm³/mol. The van der Waals surface area contributed by atoms with Gasteiger partial charge in [0.2, 0.25) is 10.0 Å². The molecule has 0 aromatic heterocycles. The van der Waals surface area contributed by atoms with Gasteiger partial charge in [-0.2, -0.15) is 0 Å². The van der Waals surface area contributed by atoms with E-state index in [1.54, 1.807) is 5.23 Å². The van der Waals surface area contributed by atoms with Crippen molar-refractivity contribution in [2.45, 2.75) is 0 Å². The van der Waals surface area contributed by atoms with Crippen molar-refractivity contribution in [1.29, 1.82) is 0 Å². The van der Waals surface area contributed by atoms with Gasteiger partial charge in [-0.15, -0.1) is 0 Å². The molecule has 4 nitrogen and oxygen atoms in total. The van der Waals surface area contributed by atoms with Crippen LogP contribution in [0.25, 0.3) is 0 Å². The summed E-state index contributed by atoms with van der Waals surface area (Å²) in [5.74, 6) is 0. The SMILES string of the molecule is NS(=O)(=O)C1=CC=CS1=C=O. The standard InChI is InChI=1S/C5H5NO3S2/c6-11(8,9)5-2-1-3-10(5)4-7/h1-3H,(H2,6,8,9). The quantitative estimate of drug-likeness (QED) is 0.592. The minimum Gasteiger partial charge on any atom is -0.226 e. The van der Waals surface area contributed by atoms with Crippen LogP contribution in [-0.2, 0) is 14.8 Å². The number of primary sulfonamides is 1. The fourth-order valence-electron chi connectivity index (χ4n) is 0.626. The fourth-order valence-corrected chi connectivity index (χ4v) is 2.90. The predicted octanol–water partition coefficient (Wildman–Crippen LogP) is -0.0203. The lowest BCUT2D eigenvalue weighted by atomic mass is 10.6. The van der Waals surface area contributed by atoms with Crippen molar-refractivity contribution in [2.75, 3.05) is 0 Å². The summed E-state index contributed by atoms with van der Waals surface area (Å²) in [6.45, 7) is 0. The molecule has 0 amide bonds. The molecule has 0 radical (unpaired) electrons. The molecule has 0 aliphatic carbocycles. The van der Waals surface area contributed by atoms with Gasteiger partial charge in [0, 0.05) is 0 Å². The second-order valence-corrected chi connectivity index (χ2v) is 5.12. The van der Waals surface area contributed by atoms with Crippen LogP contribution in [0.3, 0.4) is 0 Å². The summed E-state index contributed by atoms with van der Waals surface area (Å²) in [5, 5.41) is 7.83. The summed E-state index contributed by atoms with van der Waals surface area (Å²) in [6.07, 6.45) is 2.79. The molecule has 0 saturated carbocycles. The van der Waals surface area contributed by atoms with E-state index in [4.69, 9.17) is 5.14 Å². The van der Waals surface area contributed by atoms with Crippen molar-refractivity contribution in [1.82, 2.24) is 0 Å². The van der Waals surface area contributed by atoms with Gasteiger partial charge in [-0.05, 0) is 22.0 Å². The third kappa shape index (κ3) is 1.66. The zero-order valence-corrected chi connectivity index (χ0v) is 6.98. The lowest BCUT2D eigenvalue weighted by molar-refractivity contribution is 0.572. The van der Waals surface area contributed by atoms with E-state index in [-0.39, 0.29) is 4.24 Å². The Kier molecular flexibility index (Phi) is 2.10. The monoisotopic (exact) mass is 191 g/mol. The molecule has 0 saturated heterocycles. The first-order valence-electron chi connectivity index (χ1n) is 2.58. The van der Waals surface area contributed by atoms with E-state index >= 15 is 0 Å². The first-order chi connectivity index (χ1) is 5.05. The highest BCUT2D eigenvalue weighted by Crippen LogP contribution is 2.32. The molecule has 6 heteroatoms. The third-order valence-electron chi connectivity index (χ3n) is 1.03. The highest BCUT2D eigenvalue weighted by Gasteiger charge is 2.17. The van der Waals surface area contributed by atoms with Crippen molar-refractivity contribution < 1.29 is 13.2 Å². The van der Waals surface area contributed by atoms with Crippen LogP contribution in [0.4, 0.5) is 0 Å². The van der Waals surface area contributed by atoms with E-state index in [0.29, 0.717) is 0 Å². The van der Waals surface area contributed by atoms with Crippen molar-refractivity contribution in [2.24, 2.45) is 5.14 Å². The van der Waals surface area contributed by atoms with E-state index in [0.717, 1.165) is 0 Å². The minimum absolute atomic E-state index is 0.0625. The van der Waals surface area contributed by atoms with E-state index < -0.39 is 20.5 Å². The second-order valence-electron chi connectivity index (χ2n) is 1.78. The molecule has 0 fully saturated rings. The van der Waals surface area contributed by atoms with E-state index in [9.17, 15) is 13.2 Å². The van der Waals surface area contributed by atoms with Crippen LogP contribution in [0.15, 0.2) is 21.8 Å². The smallest absolute Gasteiger partial charge is 0.226 e. The molecule has 1 unspecified atom stereocenters. The molecule has 1 heterocycles. The molecule has 0 aromatic rings. The Morgan fingerprint density at radius 3 is 2.55 bits per heavy atom. The van der Waals surface area contributed by atoms with Crippen molar-refractivity contribution in [3.05, 3.63) is 21.8 Å². The number of hydrogen-bond acceptors (Lipinski definition) is 3. The Morgan fingerprint density at radius 2 is 2.18 bits per heavy atom. The second kappa shape index (κ2) is 2.75. The van der Waals surface area contributed by atoms with Crippen LogP contribution in [0.1, 0.15) is 0 Å². The molecule has 1 aliphatic heterocycles. The van der Waals surface area contributed by atoms with Gasteiger partial charge in [0.1, 0.15) is 4.24 Å². The highest BCUT2D eigenvalue weighted by molar-refractivity contribution is 8.29. The maximum absolute atomic E-state index is 10.7. The average molecular weight is 191 g/mol. The molecule has 11 heavy (non-hydrogen) atoms. The molecular weight excluding hydrogens is 186 g/mol. The topological polar surface area (TPSA) is 77.2 Å². The Hall–Kier alpha value is -0.680. The van der Waals surface area contributed by atoms with Crippen molar-refractivity contribution in [3.8, 4) is 0 Å².